The van der Waals surface area contributed by atoms with Crippen LogP contribution in [0.3, 0.4) is 0 Å². The number of nitrogens with zero attached hydrogens (tertiary/aromatic N) is 3. The van der Waals surface area contributed by atoms with Gasteiger partial charge >= 0.3 is 0 Å². The molecule has 0 atom stereocenters. The maximum Gasteiger partial charge on any atom is 0.216 e. The molecule has 1 N–H and O–H groups in total. The largest absolute Gasteiger partial charge is 0.481 e. The lowest BCUT2D eigenvalue weighted by atomic mass is 10.3. The maximum atomic E-state index is 5.15. The first kappa shape index (κ1) is 12.9. The molecule has 102 valence electrons. The van der Waals surface area contributed by atoms with E-state index in [9.17, 15) is 0 Å². The number of benzene rings is 1. The van der Waals surface area contributed by atoms with Crippen molar-refractivity contribution in [3.05, 3.63) is 41.9 Å². The van der Waals surface area contributed by atoms with Crippen LogP contribution in [0.4, 0.5) is 0 Å². The number of imidazole rings is 1. The second-order valence-corrected chi connectivity index (χ2v) is 5.28. The molecule has 3 aromatic rings. The molecule has 0 saturated heterocycles. The summed E-state index contributed by atoms with van der Waals surface area (Å²) in [5.41, 5.74) is 2.91. The SMILES string of the molecule is COc1cc(C)nc(CSc2nc3ccccc3[nH]2)n1. The molecule has 1 aromatic carbocycles. The molecular formula is C14H14N4OS. The molecule has 0 bridgehead atoms. The summed E-state index contributed by atoms with van der Waals surface area (Å²) >= 11 is 1.58. The van der Waals surface area contributed by atoms with Crippen LogP contribution in [0.25, 0.3) is 11.0 Å². The van der Waals surface area contributed by atoms with Crippen molar-refractivity contribution in [3.8, 4) is 5.88 Å². The van der Waals surface area contributed by atoms with Gasteiger partial charge in [-0.15, -0.1) is 0 Å². The first-order chi connectivity index (χ1) is 9.74. The lowest BCUT2D eigenvalue weighted by Crippen LogP contribution is -1.98. The van der Waals surface area contributed by atoms with Gasteiger partial charge in [0.25, 0.3) is 0 Å². The minimum atomic E-state index is 0.595. The lowest BCUT2D eigenvalue weighted by molar-refractivity contribution is 0.395. The highest BCUT2D eigenvalue weighted by molar-refractivity contribution is 7.98. The molecule has 5 nitrogen and oxygen atoms in total. The van der Waals surface area contributed by atoms with Gasteiger partial charge in [0.1, 0.15) is 5.82 Å². The monoisotopic (exact) mass is 286 g/mol. The molecule has 0 amide bonds. The molecule has 0 aliphatic carbocycles. The third-order valence-corrected chi connectivity index (χ3v) is 3.66. The smallest absolute Gasteiger partial charge is 0.216 e. The number of ether oxygens (including phenoxy) is 1. The number of aryl methyl sites for hydroxylation is 1. The number of methoxy groups -OCH3 is 1. The average Bonchev–Trinajstić information content (AvgIpc) is 2.87. The average molecular weight is 286 g/mol. The van der Waals surface area contributed by atoms with Gasteiger partial charge in [-0.1, -0.05) is 23.9 Å². The van der Waals surface area contributed by atoms with Crippen molar-refractivity contribution < 1.29 is 4.74 Å². The first-order valence-electron chi connectivity index (χ1n) is 6.21. The summed E-state index contributed by atoms with van der Waals surface area (Å²) in [5.74, 6) is 1.99. The second-order valence-electron chi connectivity index (χ2n) is 4.32. The zero-order valence-corrected chi connectivity index (χ0v) is 12.1. The third-order valence-electron chi connectivity index (χ3n) is 2.79. The quantitative estimate of drug-likeness (QED) is 0.747. The molecule has 0 unspecified atom stereocenters. The van der Waals surface area contributed by atoms with Gasteiger partial charge in [0, 0.05) is 11.8 Å². The molecule has 0 spiro atoms. The third kappa shape index (κ3) is 2.75. The molecule has 6 heteroatoms. The molecule has 0 fully saturated rings. The fraction of sp³-hybridized carbons (Fsp3) is 0.214. The standard InChI is InChI=1S/C14H14N4OS/c1-9-7-13(19-2)18-12(15-9)8-20-14-16-10-5-3-4-6-11(10)17-14/h3-7H,8H2,1-2H3,(H,16,17). The highest BCUT2D eigenvalue weighted by Gasteiger charge is 2.06. The van der Waals surface area contributed by atoms with Gasteiger partial charge in [-0.25, -0.2) is 9.97 Å². The Morgan fingerprint density at radius 1 is 1.20 bits per heavy atom. The molecule has 2 heterocycles. The summed E-state index contributed by atoms with van der Waals surface area (Å²) in [6, 6.07) is 9.78. The fourth-order valence-corrected chi connectivity index (χ4v) is 2.64. The van der Waals surface area contributed by atoms with Crippen molar-refractivity contribution in [2.45, 2.75) is 17.8 Å². The molecule has 0 saturated carbocycles. The Bertz CT molecular complexity index is 708. The van der Waals surface area contributed by atoms with E-state index in [1.165, 1.54) is 0 Å². The summed E-state index contributed by atoms with van der Waals surface area (Å²) in [7, 11) is 1.61. The van der Waals surface area contributed by atoms with E-state index < -0.39 is 0 Å². The number of H-pyrrole nitrogens is 1. The van der Waals surface area contributed by atoms with Crippen LogP contribution in [0.15, 0.2) is 35.5 Å². The molecule has 0 aliphatic heterocycles. The zero-order valence-electron chi connectivity index (χ0n) is 11.3. The molecule has 0 radical (unpaired) electrons. The first-order valence-corrected chi connectivity index (χ1v) is 7.19. The second kappa shape index (κ2) is 5.50. The Balaban J connectivity index is 1.77. The number of hydrogen-bond acceptors (Lipinski definition) is 5. The van der Waals surface area contributed by atoms with E-state index in [4.69, 9.17) is 4.74 Å². The predicted octanol–water partition coefficient (Wildman–Crippen LogP) is 2.96. The van der Waals surface area contributed by atoms with E-state index in [-0.39, 0.29) is 0 Å². The van der Waals surface area contributed by atoms with E-state index in [0.29, 0.717) is 11.6 Å². The van der Waals surface area contributed by atoms with Crippen LogP contribution in [0.5, 0.6) is 5.88 Å². The Morgan fingerprint density at radius 2 is 2.05 bits per heavy atom. The minimum absolute atomic E-state index is 0.595. The van der Waals surface area contributed by atoms with Crippen molar-refractivity contribution >= 4 is 22.8 Å². The van der Waals surface area contributed by atoms with Crippen LogP contribution < -0.4 is 4.74 Å². The van der Waals surface area contributed by atoms with Crippen molar-refractivity contribution in [3.63, 3.8) is 0 Å². The highest BCUT2D eigenvalue weighted by Crippen LogP contribution is 2.22. The van der Waals surface area contributed by atoms with E-state index in [1.807, 2.05) is 37.3 Å². The van der Waals surface area contributed by atoms with Crippen LogP contribution in [-0.2, 0) is 5.75 Å². The van der Waals surface area contributed by atoms with Crippen molar-refractivity contribution in [2.24, 2.45) is 0 Å². The molecular weight excluding hydrogens is 272 g/mol. The Hall–Kier alpha value is -2.08. The van der Waals surface area contributed by atoms with Crippen molar-refractivity contribution in [1.82, 2.24) is 19.9 Å². The maximum absolute atomic E-state index is 5.15. The number of aromatic amines is 1. The van der Waals surface area contributed by atoms with Gasteiger partial charge in [0.15, 0.2) is 5.16 Å². The summed E-state index contributed by atoms with van der Waals surface area (Å²) < 4.78 is 5.15. The van der Waals surface area contributed by atoms with Gasteiger partial charge in [-0.05, 0) is 19.1 Å². The summed E-state index contributed by atoms with van der Waals surface area (Å²) in [6.45, 7) is 1.93. The van der Waals surface area contributed by atoms with Crippen LogP contribution in [0, 0.1) is 6.92 Å². The predicted molar refractivity (Wildman–Crippen MR) is 79.0 cm³/mol. The summed E-state index contributed by atoms with van der Waals surface area (Å²) in [6.07, 6.45) is 0. The number of hydrogen-bond donors (Lipinski definition) is 1. The molecule has 3 rings (SSSR count). The minimum Gasteiger partial charge on any atom is -0.481 e. The topological polar surface area (TPSA) is 63.7 Å². The number of para-hydroxylation sites is 2. The number of aromatic nitrogens is 4. The van der Waals surface area contributed by atoms with Crippen molar-refractivity contribution in [1.29, 1.82) is 0 Å². The summed E-state index contributed by atoms with van der Waals surface area (Å²) in [5, 5.41) is 0.871. The summed E-state index contributed by atoms with van der Waals surface area (Å²) in [4.78, 5) is 16.5. The number of rotatable bonds is 4. The van der Waals surface area contributed by atoms with E-state index in [0.717, 1.165) is 27.7 Å². The number of nitrogens with one attached hydrogen (secondary N) is 1. The van der Waals surface area contributed by atoms with Gasteiger partial charge in [-0.3, -0.25) is 0 Å². The Labute approximate surface area is 120 Å². The number of thioether (sulfide) groups is 1. The Morgan fingerprint density at radius 3 is 2.85 bits per heavy atom. The van der Waals surface area contributed by atoms with Crippen LogP contribution in [-0.4, -0.2) is 27.0 Å². The lowest BCUT2D eigenvalue weighted by Gasteiger charge is -2.03. The van der Waals surface area contributed by atoms with E-state index in [2.05, 4.69) is 19.9 Å². The van der Waals surface area contributed by atoms with Crippen LogP contribution in [0.2, 0.25) is 0 Å². The fourth-order valence-electron chi connectivity index (χ4n) is 1.90. The molecule has 20 heavy (non-hydrogen) atoms. The van der Waals surface area contributed by atoms with Crippen LogP contribution >= 0.6 is 11.8 Å². The highest BCUT2D eigenvalue weighted by atomic mass is 32.2. The zero-order chi connectivity index (χ0) is 13.9. The van der Waals surface area contributed by atoms with Gasteiger partial charge < -0.3 is 9.72 Å². The van der Waals surface area contributed by atoms with Gasteiger partial charge in [-0.2, -0.15) is 4.98 Å². The molecule has 2 aromatic heterocycles. The van der Waals surface area contributed by atoms with E-state index in [1.54, 1.807) is 18.9 Å². The number of fused-ring (bicyclic) bond motifs is 1. The molecule has 0 aliphatic rings. The van der Waals surface area contributed by atoms with Crippen molar-refractivity contribution in [2.75, 3.05) is 7.11 Å². The van der Waals surface area contributed by atoms with E-state index >= 15 is 0 Å². The normalized spacial score (nSPS) is 10.9. The Kier molecular flexibility index (Phi) is 3.56. The van der Waals surface area contributed by atoms with Gasteiger partial charge in [0.2, 0.25) is 5.88 Å². The van der Waals surface area contributed by atoms with Crippen LogP contribution in [0.1, 0.15) is 11.5 Å². The van der Waals surface area contributed by atoms with Gasteiger partial charge in [0.05, 0.1) is 23.9 Å².